The molecule has 0 fully saturated rings. The van der Waals surface area contributed by atoms with Gasteiger partial charge >= 0.3 is 0 Å². The lowest BCUT2D eigenvalue weighted by Crippen LogP contribution is -2.26. The highest BCUT2D eigenvalue weighted by Crippen LogP contribution is 2.17. The lowest BCUT2D eigenvalue weighted by atomic mass is 10.1. The molecule has 2 rings (SSSR count). The van der Waals surface area contributed by atoms with Crippen LogP contribution in [0.4, 0.5) is 0 Å². The van der Waals surface area contributed by atoms with E-state index in [9.17, 15) is 13.2 Å². The Kier molecular flexibility index (Phi) is 4.68. The summed E-state index contributed by atoms with van der Waals surface area (Å²) in [6, 6.07) is 9.16. The smallest absolute Gasteiger partial charge is 0.287 e. The number of carbonyl (C=O) groups excluding carboxylic acids is 1. The van der Waals surface area contributed by atoms with E-state index in [4.69, 9.17) is 9.56 Å². The van der Waals surface area contributed by atoms with Gasteiger partial charge in [0.05, 0.1) is 10.9 Å². The highest BCUT2D eigenvalue weighted by Gasteiger charge is 2.15. The van der Waals surface area contributed by atoms with Crippen molar-refractivity contribution in [2.75, 3.05) is 0 Å². The number of primary sulfonamides is 1. The number of aryl methyl sites for hydroxylation is 1. The fraction of sp³-hybridized carbons (Fsp3) is 0.267. The summed E-state index contributed by atoms with van der Waals surface area (Å²) in [4.78, 5) is 12.1. The molecule has 7 heteroatoms. The second-order valence-corrected chi connectivity index (χ2v) is 6.49. The van der Waals surface area contributed by atoms with Crippen LogP contribution in [0.5, 0.6) is 0 Å². The van der Waals surface area contributed by atoms with Crippen molar-refractivity contribution in [3.05, 3.63) is 53.5 Å². The first kappa shape index (κ1) is 16.3. The van der Waals surface area contributed by atoms with Crippen molar-refractivity contribution in [3.63, 3.8) is 0 Å². The van der Waals surface area contributed by atoms with Crippen molar-refractivity contribution in [1.29, 1.82) is 0 Å². The van der Waals surface area contributed by atoms with Gasteiger partial charge in [0.2, 0.25) is 10.0 Å². The van der Waals surface area contributed by atoms with Crippen molar-refractivity contribution in [3.8, 4) is 0 Å². The average Bonchev–Trinajstić information content (AvgIpc) is 2.95. The largest absolute Gasteiger partial charge is 0.456 e. The number of hydrogen-bond acceptors (Lipinski definition) is 4. The molecule has 1 aromatic carbocycles. The first-order chi connectivity index (χ1) is 10.3. The SMILES string of the molecule is CCc1ccc(C(=O)N[C@@H](C)c2ccc(S(N)(=O)=O)cc2)o1. The van der Waals surface area contributed by atoms with Gasteiger partial charge in [-0.15, -0.1) is 0 Å². The first-order valence-electron chi connectivity index (χ1n) is 6.83. The summed E-state index contributed by atoms with van der Waals surface area (Å²) in [5, 5.41) is 7.84. The molecule has 0 aliphatic carbocycles. The van der Waals surface area contributed by atoms with Crippen LogP contribution in [-0.2, 0) is 16.4 Å². The van der Waals surface area contributed by atoms with E-state index in [1.165, 1.54) is 12.1 Å². The Morgan fingerprint density at radius 2 is 1.86 bits per heavy atom. The summed E-state index contributed by atoms with van der Waals surface area (Å²) in [6.07, 6.45) is 0.720. The van der Waals surface area contributed by atoms with Crippen LogP contribution in [-0.4, -0.2) is 14.3 Å². The molecule has 0 unspecified atom stereocenters. The van der Waals surface area contributed by atoms with Crippen LogP contribution in [0.1, 0.15) is 41.8 Å². The molecule has 6 nitrogen and oxygen atoms in total. The molecule has 0 saturated carbocycles. The number of nitrogens with two attached hydrogens (primary N) is 1. The Labute approximate surface area is 129 Å². The van der Waals surface area contributed by atoms with Crippen molar-refractivity contribution in [2.45, 2.75) is 31.2 Å². The topological polar surface area (TPSA) is 102 Å². The minimum Gasteiger partial charge on any atom is -0.456 e. The van der Waals surface area contributed by atoms with Gasteiger partial charge in [0.25, 0.3) is 5.91 Å². The summed E-state index contributed by atoms with van der Waals surface area (Å²) < 4.78 is 27.8. The maximum Gasteiger partial charge on any atom is 0.287 e. The number of carbonyl (C=O) groups is 1. The Bertz CT molecular complexity index is 763. The second-order valence-electron chi connectivity index (χ2n) is 4.93. The number of sulfonamides is 1. The molecule has 0 spiro atoms. The predicted octanol–water partition coefficient (Wildman–Crippen LogP) is 1.98. The van der Waals surface area contributed by atoms with Gasteiger partial charge < -0.3 is 9.73 Å². The Morgan fingerprint density at radius 1 is 1.23 bits per heavy atom. The van der Waals surface area contributed by atoms with Crippen LogP contribution in [0.2, 0.25) is 0 Å². The Balaban J connectivity index is 2.08. The highest BCUT2D eigenvalue weighted by atomic mass is 32.2. The van der Waals surface area contributed by atoms with Gasteiger partial charge in [-0.2, -0.15) is 0 Å². The van der Waals surface area contributed by atoms with Crippen LogP contribution in [0, 0.1) is 0 Å². The molecule has 0 aliphatic rings. The fourth-order valence-electron chi connectivity index (χ4n) is 1.99. The highest BCUT2D eigenvalue weighted by molar-refractivity contribution is 7.89. The number of nitrogens with one attached hydrogen (secondary N) is 1. The summed E-state index contributed by atoms with van der Waals surface area (Å²) in [7, 11) is -3.71. The van der Waals surface area contributed by atoms with E-state index < -0.39 is 10.0 Å². The van der Waals surface area contributed by atoms with E-state index in [1.54, 1.807) is 31.2 Å². The van der Waals surface area contributed by atoms with E-state index in [1.807, 2.05) is 6.92 Å². The third-order valence-corrected chi connectivity index (χ3v) is 4.22. The van der Waals surface area contributed by atoms with Gasteiger partial charge in [-0.3, -0.25) is 4.79 Å². The van der Waals surface area contributed by atoms with Crippen molar-refractivity contribution < 1.29 is 17.6 Å². The van der Waals surface area contributed by atoms with Gasteiger partial charge in [-0.05, 0) is 36.8 Å². The van der Waals surface area contributed by atoms with Crippen LogP contribution in [0.25, 0.3) is 0 Å². The number of furan rings is 1. The molecule has 118 valence electrons. The van der Waals surface area contributed by atoms with Crippen molar-refractivity contribution in [1.82, 2.24) is 5.32 Å². The molecule has 2 aromatic rings. The summed E-state index contributed by atoms with van der Waals surface area (Å²) in [5.41, 5.74) is 0.767. The van der Waals surface area contributed by atoms with E-state index in [0.717, 1.165) is 17.7 Å². The summed E-state index contributed by atoms with van der Waals surface area (Å²) >= 11 is 0. The second kappa shape index (κ2) is 6.33. The average molecular weight is 322 g/mol. The summed E-state index contributed by atoms with van der Waals surface area (Å²) in [6.45, 7) is 3.74. The Hall–Kier alpha value is -2.12. The standard InChI is InChI=1S/C15H18N2O4S/c1-3-12-6-9-14(21-12)15(18)17-10(2)11-4-7-13(8-5-11)22(16,19)20/h4-10H,3H2,1-2H3,(H,17,18)(H2,16,19,20)/t10-/m0/s1. The molecule has 0 saturated heterocycles. The molecular formula is C15H18N2O4S. The maximum atomic E-state index is 12.1. The third kappa shape index (κ3) is 3.75. The number of hydrogen-bond donors (Lipinski definition) is 2. The summed E-state index contributed by atoms with van der Waals surface area (Å²) in [5.74, 6) is 0.683. The third-order valence-electron chi connectivity index (χ3n) is 3.29. The molecule has 1 amide bonds. The molecule has 0 bridgehead atoms. The number of benzene rings is 1. The van der Waals surface area contributed by atoms with Gasteiger partial charge in [0, 0.05) is 6.42 Å². The molecule has 1 heterocycles. The van der Waals surface area contributed by atoms with Crippen molar-refractivity contribution in [2.24, 2.45) is 5.14 Å². The number of rotatable bonds is 5. The van der Waals surface area contributed by atoms with Crippen LogP contribution in [0.15, 0.2) is 45.7 Å². The van der Waals surface area contributed by atoms with Crippen LogP contribution >= 0.6 is 0 Å². The molecule has 3 N–H and O–H groups in total. The van der Waals surface area contributed by atoms with Crippen LogP contribution < -0.4 is 10.5 Å². The minimum absolute atomic E-state index is 0.0356. The molecule has 0 aliphatic heterocycles. The minimum atomic E-state index is -3.71. The van der Waals surface area contributed by atoms with Gasteiger partial charge in [0.15, 0.2) is 5.76 Å². The van der Waals surface area contributed by atoms with E-state index in [0.29, 0.717) is 0 Å². The van der Waals surface area contributed by atoms with E-state index >= 15 is 0 Å². The number of amides is 1. The quantitative estimate of drug-likeness (QED) is 0.878. The Morgan fingerprint density at radius 3 is 2.36 bits per heavy atom. The fourth-order valence-corrected chi connectivity index (χ4v) is 2.50. The van der Waals surface area contributed by atoms with Crippen molar-refractivity contribution >= 4 is 15.9 Å². The zero-order chi connectivity index (χ0) is 16.3. The van der Waals surface area contributed by atoms with Gasteiger partial charge in [-0.1, -0.05) is 19.1 Å². The molecule has 1 aromatic heterocycles. The predicted molar refractivity (Wildman–Crippen MR) is 81.8 cm³/mol. The monoisotopic (exact) mass is 322 g/mol. The van der Waals surface area contributed by atoms with Crippen LogP contribution in [0.3, 0.4) is 0 Å². The maximum absolute atomic E-state index is 12.1. The molecule has 1 atom stereocenters. The first-order valence-corrected chi connectivity index (χ1v) is 8.38. The molecule has 0 radical (unpaired) electrons. The lowest BCUT2D eigenvalue weighted by molar-refractivity contribution is 0.0910. The van der Waals surface area contributed by atoms with Gasteiger partial charge in [-0.25, -0.2) is 13.6 Å². The molecule has 22 heavy (non-hydrogen) atoms. The van der Waals surface area contributed by atoms with E-state index in [2.05, 4.69) is 5.32 Å². The van der Waals surface area contributed by atoms with E-state index in [-0.39, 0.29) is 22.6 Å². The molecular weight excluding hydrogens is 304 g/mol. The normalized spacial score (nSPS) is 12.9. The lowest BCUT2D eigenvalue weighted by Gasteiger charge is -2.13. The zero-order valence-electron chi connectivity index (χ0n) is 12.4. The zero-order valence-corrected chi connectivity index (χ0v) is 13.2. The van der Waals surface area contributed by atoms with Gasteiger partial charge in [0.1, 0.15) is 5.76 Å².